The maximum Gasteiger partial charge on any atom is 0.142 e. The highest BCUT2D eigenvalue weighted by Crippen LogP contribution is 2.42. The average Bonchev–Trinajstić information content (AvgIpc) is 2.76. The molecule has 0 amide bonds. The van der Waals surface area contributed by atoms with Gasteiger partial charge in [-0.3, -0.25) is 0 Å². The van der Waals surface area contributed by atoms with Crippen LogP contribution in [0, 0.1) is 52.7 Å². The van der Waals surface area contributed by atoms with Gasteiger partial charge < -0.3 is 0 Å². The van der Waals surface area contributed by atoms with Crippen LogP contribution in [0.1, 0.15) is 88.7 Å². The van der Waals surface area contributed by atoms with Gasteiger partial charge in [-0.05, 0) is 86.5 Å². The highest BCUT2D eigenvalue weighted by atomic mass is 19.1. The molecule has 2 saturated carbocycles. The first kappa shape index (κ1) is 21.6. The van der Waals surface area contributed by atoms with Crippen molar-refractivity contribution in [3.05, 3.63) is 47.3 Å². The molecule has 0 unspecified atom stereocenters. The van der Waals surface area contributed by atoms with Crippen molar-refractivity contribution in [2.45, 2.75) is 77.6 Å². The minimum absolute atomic E-state index is 0.0669. The summed E-state index contributed by atoms with van der Waals surface area (Å²) in [5.41, 5.74) is 0.682. The Balaban J connectivity index is 1.40. The van der Waals surface area contributed by atoms with Crippen molar-refractivity contribution in [1.82, 2.24) is 0 Å². The number of unbranched alkanes of at least 4 members (excludes halogenated alkanes) is 1. The van der Waals surface area contributed by atoms with Gasteiger partial charge in [0.1, 0.15) is 11.9 Å². The van der Waals surface area contributed by atoms with Gasteiger partial charge in [-0.15, -0.1) is 0 Å². The first-order chi connectivity index (χ1) is 14.2. The molecule has 2 aliphatic carbocycles. The molecule has 2 heteroatoms. The molecule has 2 aliphatic rings. The standard InChI is InChI=1S/C27H34FN/c1-2-3-6-21-9-14-24(15-10-21)25-16-11-22(12-17-25)7-4-5-8-23-13-18-26(20-29)27(28)19-23/h4,7,13,18-19,21-22,24-25H,2-3,6,9-12,14-17H2,1H3/b7-4+/t21-,22?,24-,25?. The molecule has 0 heterocycles. The highest BCUT2D eigenvalue weighted by molar-refractivity contribution is 5.42. The molecule has 1 aromatic rings. The molecule has 1 aromatic carbocycles. The van der Waals surface area contributed by atoms with Crippen LogP contribution in [0.3, 0.4) is 0 Å². The van der Waals surface area contributed by atoms with Gasteiger partial charge in [0.15, 0.2) is 0 Å². The zero-order chi connectivity index (χ0) is 20.5. The van der Waals surface area contributed by atoms with Crippen LogP contribution in [0.2, 0.25) is 0 Å². The van der Waals surface area contributed by atoms with E-state index in [1.807, 2.05) is 12.1 Å². The van der Waals surface area contributed by atoms with E-state index in [9.17, 15) is 4.39 Å². The Morgan fingerprint density at radius 3 is 2.34 bits per heavy atom. The van der Waals surface area contributed by atoms with Gasteiger partial charge in [0.2, 0.25) is 0 Å². The van der Waals surface area contributed by atoms with Gasteiger partial charge in [0.25, 0.3) is 0 Å². The number of halogens is 1. The molecule has 0 N–H and O–H groups in total. The van der Waals surface area contributed by atoms with Gasteiger partial charge in [0.05, 0.1) is 5.56 Å². The predicted molar refractivity (Wildman–Crippen MR) is 118 cm³/mol. The third-order valence-corrected chi connectivity index (χ3v) is 7.10. The van der Waals surface area contributed by atoms with E-state index in [4.69, 9.17) is 5.26 Å². The van der Waals surface area contributed by atoms with Crippen LogP contribution >= 0.6 is 0 Å². The SMILES string of the molecule is CCCC[C@H]1CC[C@H](C2CCC(/C=C/C#Cc3ccc(C#N)c(F)c3)CC2)CC1. The molecular weight excluding hydrogens is 357 g/mol. The van der Waals surface area contributed by atoms with Crippen molar-refractivity contribution >= 4 is 0 Å². The number of allylic oxidation sites excluding steroid dienone is 2. The Morgan fingerprint density at radius 1 is 1.03 bits per heavy atom. The summed E-state index contributed by atoms with van der Waals surface area (Å²) in [5, 5.41) is 8.77. The van der Waals surface area contributed by atoms with Crippen LogP contribution in [-0.2, 0) is 0 Å². The number of nitrogens with zero attached hydrogens (tertiary/aromatic N) is 1. The van der Waals surface area contributed by atoms with Gasteiger partial charge in [-0.2, -0.15) is 5.26 Å². The summed E-state index contributed by atoms with van der Waals surface area (Å²) in [5.74, 6) is 9.07. The second-order valence-corrected chi connectivity index (χ2v) is 9.03. The Morgan fingerprint density at radius 2 is 1.72 bits per heavy atom. The summed E-state index contributed by atoms with van der Waals surface area (Å²) >= 11 is 0. The smallest absolute Gasteiger partial charge is 0.142 e. The first-order valence-corrected chi connectivity index (χ1v) is 11.6. The number of nitriles is 1. The monoisotopic (exact) mass is 391 g/mol. The van der Waals surface area contributed by atoms with E-state index in [1.54, 1.807) is 6.07 Å². The minimum atomic E-state index is -0.499. The van der Waals surface area contributed by atoms with Gasteiger partial charge >= 0.3 is 0 Å². The lowest BCUT2D eigenvalue weighted by atomic mass is 9.68. The molecule has 0 aromatic heterocycles. The van der Waals surface area contributed by atoms with E-state index < -0.39 is 5.82 Å². The summed E-state index contributed by atoms with van der Waals surface area (Å²) in [6.07, 6.45) is 19.5. The lowest BCUT2D eigenvalue weighted by Crippen LogP contribution is -2.25. The number of hydrogen-bond acceptors (Lipinski definition) is 1. The van der Waals surface area contributed by atoms with Crippen molar-refractivity contribution in [3.63, 3.8) is 0 Å². The normalized spacial score (nSPS) is 27.2. The fourth-order valence-electron chi connectivity index (χ4n) is 5.24. The van der Waals surface area contributed by atoms with Gasteiger partial charge in [-0.25, -0.2) is 4.39 Å². The fraction of sp³-hybridized carbons (Fsp3) is 0.593. The van der Waals surface area contributed by atoms with Gasteiger partial charge in [0, 0.05) is 5.56 Å². The van der Waals surface area contributed by atoms with Crippen LogP contribution in [0.15, 0.2) is 30.4 Å². The Bertz CT molecular complexity index is 775. The first-order valence-electron chi connectivity index (χ1n) is 11.6. The van der Waals surface area contributed by atoms with E-state index in [0.29, 0.717) is 11.5 Å². The molecule has 0 saturated heterocycles. The van der Waals surface area contributed by atoms with Crippen molar-refractivity contribution in [3.8, 4) is 17.9 Å². The maximum absolute atomic E-state index is 13.6. The number of hydrogen-bond donors (Lipinski definition) is 0. The lowest BCUT2D eigenvalue weighted by molar-refractivity contribution is 0.152. The van der Waals surface area contributed by atoms with Crippen molar-refractivity contribution in [1.29, 1.82) is 5.26 Å². The van der Waals surface area contributed by atoms with Crippen LogP contribution in [0.25, 0.3) is 0 Å². The predicted octanol–water partition coefficient (Wildman–Crippen LogP) is 7.41. The molecule has 3 rings (SSSR count). The Kier molecular flexibility index (Phi) is 8.37. The van der Waals surface area contributed by atoms with Crippen LogP contribution < -0.4 is 0 Å². The van der Waals surface area contributed by atoms with E-state index in [2.05, 4.69) is 24.8 Å². The largest absolute Gasteiger partial charge is 0.206 e. The Hall–Kier alpha value is -2.06. The van der Waals surface area contributed by atoms with Gasteiger partial charge in [-0.1, -0.05) is 56.9 Å². The second kappa shape index (κ2) is 11.2. The number of rotatable bonds is 5. The van der Waals surface area contributed by atoms with Crippen LogP contribution in [0.5, 0.6) is 0 Å². The molecular formula is C27H34FN. The van der Waals surface area contributed by atoms with E-state index in [1.165, 1.54) is 82.8 Å². The lowest BCUT2D eigenvalue weighted by Gasteiger charge is -2.37. The van der Waals surface area contributed by atoms with Crippen LogP contribution in [0.4, 0.5) is 4.39 Å². The fourth-order valence-corrected chi connectivity index (χ4v) is 5.24. The molecule has 0 bridgehead atoms. The molecule has 0 atom stereocenters. The quantitative estimate of drug-likeness (QED) is 0.479. The second-order valence-electron chi connectivity index (χ2n) is 9.03. The maximum atomic E-state index is 13.6. The van der Waals surface area contributed by atoms with E-state index in [0.717, 1.165) is 17.8 Å². The Labute approximate surface area is 176 Å². The molecule has 0 aliphatic heterocycles. The molecule has 2 fully saturated rings. The topological polar surface area (TPSA) is 23.8 Å². The summed E-state index contributed by atoms with van der Waals surface area (Å²) in [4.78, 5) is 0. The molecule has 1 nitrogen and oxygen atoms in total. The third kappa shape index (κ3) is 6.47. The van der Waals surface area contributed by atoms with Crippen molar-refractivity contribution in [2.75, 3.05) is 0 Å². The van der Waals surface area contributed by atoms with Crippen molar-refractivity contribution < 1.29 is 4.39 Å². The zero-order valence-electron chi connectivity index (χ0n) is 17.8. The average molecular weight is 392 g/mol. The minimum Gasteiger partial charge on any atom is -0.206 e. The van der Waals surface area contributed by atoms with Crippen molar-refractivity contribution in [2.24, 2.45) is 23.7 Å². The zero-order valence-corrected chi connectivity index (χ0v) is 17.8. The molecule has 0 radical (unpaired) electrons. The highest BCUT2D eigenvalue weighted by Gasteiger charge is 2.30. The van der Waals surface area contributed by atoms with E-state index >= 15 is 0 Å². The van der Waals surface area contributed by atoms with Crippen LogP contribution in [-0.4, -0.2) is 0 Å². The van der Waals surface area contributed by atoms with E-state index in [-0.39, 0.29) is 5.56 Å². The third-order valence-electron chi connectivity index (χ3n) is 7.10. The summed E-state index contributed by atoms with van der Waals surface area (Å²) < 4.78 is 13.6. The summed E-state index contributed by atoms with van der Waals surface area (Å²) in [6.45, 7) is 2.30. The molecule has 29 heavy (non-hydrogen) atoms. The number of benzene rings is 1. The summed E-state index contributed by atoms with van der Waals surface area (Å²) in [7, 11) is 0. The molecule has 154 valence electrons. The molecule has 0 spiro atoms. The summed E-state index contributed by atoms with van der Waals surface area (Å²) in [6, 6.07) is 6.35.